The minimum Gasteiger partial charge on any atom is -0.367 e. The minimum atomic E-state index is -3.88. The molecule has 1 saturated heterocycles. The van der Waals surface area contributed by atoms with E-state index in [0.717, 1.165) is 30.8 Å². The maximum Gasteiger partial charge on any atom is 0.254 e. The molecule has 0 spiro atoms. The zero-order chi connectivity index (χ0) is 28.0. The number of benzene rings is 1. The van der Waals surface area contributed by atoms with Crippen LogP contribution < -0.4 is 16.0 Å². The van der Waals surface area contributed by atoms with Gasteiger partial charge in [0.1, 0.15) is 28.2 Å². The third kappa shape index (κ3) is 5.55. The van der Waals surface area contributed by atoms with Gasteiger partial charge in [0.05, 0.1) is 18.4 Å². The van der Waals surface area contributed by atoms with Gasteiger partial charge in [0.25, 0.3) is 5.91 Å². The first-order chi connectivity index (χ1) is 19.1. The lowest BCUT2D eigenvalue weighted by Crippen LogP contribution is -2.29. The number of amides is 2. The first-order valence-electron chi connectivity index (χ1n) is 13.3. The summed E-state index contributed by atoms with van der Waals surface area (Å²) < 4.78 is 54.6. The average molecular weight is 571 g/mol. The number of anilines is 2. The van der Waals surface area contributed by atoms with Crippen molar-refractivity contribution in [2.45, 2.75) is 61.9 Å². The van der Waals surface area contributed by atoms with Gasteiger partial charge in [-0.1, -0.05) is 0 Å². The fourth-order valence-corrected chi connectivity index (χ4v) is 7.08. The summed E-state index contributed by atoms with van der Waals surface area (Å²) in [5.41, 5.74) is 1.50. The number of nitrogens with zero attached hydrogens (tertiary/aromatic N) is 3. The molecule has 2 amide bonds. The van der Waals surface area contributed by atoms with Crippen molar-refractivity contribution in [3.8, 4) is 0 Å². The van der Waals surface area contributed by atoms with E-state index < -0.39 is 32.3 Å². The second kappa shape index (κ2) is 10.3. The number of halogens is 2. The third-order valence-electron chi connectivity index (χ3n) is 7.54. The Morgan fingerprint density at radius 1 is 1.02 bits per heavy atom. The Kier molecular flexibility index (Phi) is 6.77. The van der Waals surface area contributed by atoms with Gasteiger partial charge < -0.3 is 10.6 Å². The van der Waals surface area contributed by atoms with Crippen molar-refractivity contribution in [1.29, 1.82) is 0 Å². The highest BCUT2D eigenvalue weighted by Crippen LogP contribution is 2.32. The van der Waals surface area contributed by atoms with Gasteiger partial charge in [0, 0.05) is 35.4 Å². The number of hydrogen-bond acceptors (Lipinski definition) is 8. The Morgan fingerprint density at radius 2 is 1.75 bits per heavy atom. The van der Waals surface area contributed by atoms with E-state index in [9.17, 15) is 26.8 Å². The number of carbonyl (C=O) groups is 2. The van der Waals surface area contributed by atoms with Gasteiger partial charge in [-0.25, -0.2) is 22.2 Å². The molecule has 3 N–H and O–H groups in total. The number of nitrogens with one attached hydrogen (secondary N) is 3. The van der Waals surface area contributed by atoms with Gasteiger partial charge in [-0.05, 0) is 62.7 Å². The first-order valence-corrected chi connectivity index (χ1v) is 14.9. The van der Waals surface area contributed by atoms with E-state index in [1.54, 1.807) is 16.8 Å². The molecule has 3 aliphatic rings. The predicted molar refractivity (Wildman–Crippen MR) is 143 cm³/mol. The van der Waals surface area contributed by atoms with Crippen molar-refractivity contribution in [3.05, 3.63) is 53.2 Å². The normalized spacial score (nSPS) is 22.6. The van der Waals surface area contributed by atoms with Crippen LogP contribution in [0.25, 0.3) is 11.7 Å². The van der Waals surface area contributed by atoms with E-state index >= 15 is 0 Å². The van der Waals surface area contributed by atoms with E-state index in [2.05, 4.69) is 21.0 Å². The van der Waals surface area contributed by atoms with Gasteiger partial charge in [0.2, 0.25) is 5.91 Å². The molecule has 210 valence electrons. The zero-order valence-corrected chi connectivity index (χ0v) is 22.3. The van der Waals surface area contributed by atoms with Crippen LogP contribution in [0.2, 0.25) is 0 Å². The fraction of sp³-hybridized carbons (Fsp3) is 0.407. The summed E-state index contributed by atoms with van der Waals surface area (Å²) in [4.78, 5) is 28.0. The summed E-state index contributed by atoms with van der Waals surface area (Å²) in [6.45, 7) is 0. The molecule has 2 aromatic heterocycles. The van der Waals surface area contributed by atoms with Crippen LogP contribution in [0.4, 0.5) is 20.4 Å². The summed E-state index contributed by atoms with van der Waals surface area (Å²) in [6, 6.07) is 4.82. The Balaban J connectivity index is 1.17. The van der Waals surface area contributed by atoms with Gasteiger partial charge in [-0.3, -0.25) is 14.9 Å². The average Bonchev–Trinajstić information content (AvgIpc) is 3.53. The van der Waals surface area contributed by atoms with Crippen LogP contribution >= 0.6 is 0 Å². The molecule has 0 bridgehead atoms. The van der Waals surface area contributed by atoms with Crippen molar-refractivity contribution in [2.24, 2.45) is 5.92 Å². The highest BCUT2D eigenvalue weighted by molar-refractivity contribution is 7.91. The summed E-state index contributed by atoms with van der Waals surface area (Å²) >= 11 is 0. The number of hydrogen-bond donors (Lipinski definition) is 3. The molecular formula is C27H28F2N6O4S. The summed E-state index contributed by atoms with van der Waals surface area (Å²) in [5, 5.41) is 13.7. The third-order valence-corrected chi connectivity index (χ3v) is 9.45. The van der Waals surface area contributed by atoms with E-state index in [4.69, 9.17) is 4.98 Å². The molecule has 0 radical (unpaired) electrons. The molecule has 10 nitrogen and oxygen atoms in total. The zero-order valence-electron chi connectivity index (χ0n) is 21.5. The molecule has 0 atom stereocenters. The smallest absolute Gasteiger partial charge is 0.254 e. The Hall–Kier alpha value is -3.87. The van der Waals surface area contributed by atoms with Crippen LogP contribution in [0.15, 0.2) is 40.9 Å². The van der Waals surface area contributed by atoms with Gasteiger partial charge in [-0.15, -0.1) is 0 Å². The van der Waals surface area contributed by atoms with Gasteiger partial charge in [0.15, 0.2) is 15.5 Å². The van der Waals surface area contributed by atoms with Gasteiger partial charge >= 0.3 is 0 Å². The standard InChI is InChI=1S/C27H28F2N6O4S/c28-18-3-8-22(21(29)11-18)40(38,39)14-15-1-4-19(5-2-15)31-23-12-24(32-20-6-7-20)35-26(33-23)17(13-30-35)9-16-10-25(36)34-27(16)37/h3,8-9,11-13,15,19-20,32H,1-2,4-7,10,14H2,(H,31,33)(H,34,36,37)/b16-9+. The number of sulfone groups is 1. The van der Waals surface area contributed by atoms with Crippen molar-refractivity contribution in [3.63, 3.8) is 0 Å². The summed E-state index contributed by atoms with van der Waals surface area (Å²) in [6.07, 6.45) is 8.02. The highest BCUT2D eigenvalue weighted by atomic mass is 32.2. The van der Waals surface area contributed by atoms with Crippen LogP contribution in [0.1, 0.15) is 50.5 Å². The lowest BCUT2D eigenvalue weighted by Gasteiger charge is -2.29. The second-order valence-electron chi connectivity index (χ2n) is 10.7. The molecule has 2 aliphatic carbocycles. The van der Waals surface area contributed by atoms with Crippen LogP contribution in [-0.4, -0.2) is 52.7 Å². The molecule has 3 fully saturated rings. The SMILES string of the molecule is O=C1C/C(=C\c2cnn3c(NC4CC4)cc(NC4CCC(CS(=O)(=O)c5ccc(F)cc5F)CC4)nc23)C(=O)N1. The van der Waals surface area contributed by atoms with Crippen LogP contribution in [0, 0.1) is 17.6 Å². The van der Waals surface area contributed by atoms with E-state index in [0.29, 0.717) is 60.4 Å². The molecule has 1 aliphatic heterocycles. The molecule has 13 heteroatoms. The van der Waals surface area contributed by atoms with Crippen molar-refractivity contribution < 1.29 is 26.8 Å². The minimum absolute atomic E-state index is 0.00799. The molecule has 6 rings (SSSR count). The predicted octanol–water partition coefficient (Wildman–Crippen LogP) is 3.46. The summed E-state index contributed by atoms with van der Waals surface area (Å²) in [7, 11) is -3.88. The molecule has 3 heterocycles. The lowest BCUT2D eigenvalue weighted by atomic mass is 9.87. The molecule has 1 aromatic carbocycles. The topological polar surface area (TPSA) is 135 Å². The quantitative estimate of drug-likeness (QED) is 0.213. The van der Waals surface area contributed by atoms with Crippen molar-refractivity contribution in [2.75, 3.05) is 16.4 Å². The molecule has 3 aromatic rings. The number of carbonyl (C=O) groups excluding carboxylic acids is 2. The number of rotatable bonds is 8. The largest absolute Gasteiger partial charge is 0.367 e. The molecular weight excluding hydrogens is 542 g/mol. The number of aromatic nitrogens is 3. The van der Waals surface area contributed by atoms with Gasteiger partial charge in [-0.2, -0.15) is 9.61 Å². The monoisotopic (exact) mass is 570 g/mol. The van der Waals surface area contributed by atoms with Crippen LogP contribution in [-0.2, 0) is 19.4 Å². The Bertz CT molecular complexity index is 1640. The maximum absolute atomic E-state index is 14.1. The summed E-state index contributed by atoms with van der Waals surface area (Å²) in [5.74, 6) is -1.59. The van der Waals surface area contributed by atoms with Crippen LogP contribution in [0.3, 0.4) is 0 Å². The van der Waals surface area contributed by atoms with Crippen molar-refractivity contribution >= 4 is 45.0 Å². The number of imide groups is 1. The molecule has 2 saturated carbocycles. The molecule has 40 heavy (non-hydrogen) atoms. The van der Waals surface area contributed by atoms with Crippen LogP contribution in [0.5, 0.6) is 0 Å². The lowest BCUT2D eigenvalue weighted by molar-refractivity contribution is -0.124. The highest BCUT2D eigenvalue weighted by Gasteiger charge is 2.30. The Labute approximate surface area is 229 Å². The van der Waals surface area contributed by atoms with Crippen molar-refractivity contribution in [1.82, 2.24) is 19.9 Å². The van der Waals surface area contributed by atoms with E-state index in [1.807, 2.05) is 6.07 Å². The maximum atomic E-state index is 14.1. The Morgan fingerprint density at radius 3 is 2.42 bits per heavy atom. The fourth-order valence-electron chi connectivity index (χ4n) is 5.31. The first kappa shape index (κ1) is 26.4. The van der Waals surface area contributed by atoms with E-state index in [1.165, 1.54) is 0 Å². The van der Waals surface area contributed by atoms with E-state index in [-0.39, 0.29) is 30.0 Å². The molecule has 0 unspecified atom stereocenters. The number of fused-ring (bicyclic) bond motifs is 1. The second-order valence-corrected chi connectivity index (χ2v) is 12.7.